The van der Waals surface area contributed by atoms with Crippen molar-refractivity contribution in [3.05, 3.63) is 12.2 Å². The molecule has 64 valence electrons. The number of allylic oxidation sites excluding steroid dienone is 1. The molecule has 3 nitrogen and oxygen atoms in total. The molecule has 0 saturated heterocycles. The van der Waals surface area contributed by atoms with Crippen molar-refractivity contribution in [3.63, 3.8) is 0 Å². The van der Waals surface area contributed by atoms with Gasteiger partial charge in [-0.05, 0) is 13.3 Å². The Kier molecular flexibility index (Phi) is 5.47. The molecule has 1 N–H and O–H groups in total. The number of hydrogen-bond donors (Lipinski definition) is 1. The van der Waals surface area contributed by atoms with Crippen molar-refractivity contribution >= 4 is 5.97 Å². The first kappa shape index (κ1) is 10.2. The molecular weight excluding hydrogens is 144 g/mol. The molecule has 0 aliphatic rings. The van der Waals surface area contributed by atoms with E-state index in [0.717, 1.165) is 0 Å². The third-order valence-electron chi connectivity index (χ3n) is 1.19. The van der Waals surface area contributed by atoms with Crippen molar-refractivity contribution < 1.29 is 14.6 Å². The van der Waals surface area contributed by atoms with Gasteiger partial charge in [0.2, 0.25) is 0 Å². The van der Waals surface area contributed by atoms with Crippen LogP contribution in [0.5, 0.6) is 0 Å². The fourth-order valence-corrected chi connectivity index (χ4v) is 0.480. The van der Waals surface area contributed by atoms with E-state index < -0.39 is 12.1 Å². The average molecular weight is 158 g/mol. The van der Waals surface area contributed by atoms with Crippen LogP contribution in [0.1, 0.15) is 20.3 Å². The Bertz CT molecular complexity index is 140. The number of esters is 1. The highest BCUT2D eigenvalue weighted by molar-refractivity contribution is 5.81. The van der Waals surface area contributed by atoms with Gasteiger partial charge in [0.05, 0.1) is 6.10 Å². The van der Waals surface area contributed by atoms with Gasteiger partial charge in [-0.25, -0.2) is 4.79 Å². The minimum atomic E-state index is -0.538. The standard InChI is InChI=1S/C8H14O3/c1-3-5-8(10)11-6-7(9)4-2/h3,5,7,9H,4,6H2,1-2H3/b5-3-. The van der Waals surface area contributed by atoms with Gasteiger partial charge < -0.3 is 9.84 Å². The molecule has 0 amide bonds. The van der Waals surface area contributed by atoms with E-state index in [1.165, 1.54) is 6.08 Å². The molecule has 0 aliphatic carbocycles. The summed E-state index contributed by atoms with van der Waals surface area (Å²) in [5, 5.41) is 8.97. The molecule has 0 rings (SSSR count). The van der Waals surface area contributed by atoms with Gasteiger partial charge in [0.25, 0.3) is 0 Å². The summed E-state index contributed by atoms with van der Waals surface area (Å²) in [6, 6.07) is 0. The van der Waals surface area contributed by atoms with Crippen LogP contribution in [0.15, 0.2) is 12.2 Å². The Morgan fingerprint density at radius 2 is 2.36 bits per heavy atom. The molecule has 3 heteroatoms. The van der Waals surface area contributed by atoms with E-state index in [-0.39, 0.29) is 6.61 Å². The zero-order valence-corrected chi connectivity index (χ0v) is 6.91. The molecule has 1 unspecified atom stereocenters. The SMILES string of the molecule is C/C=C\C(=O)OCC(O)CC. The van der Waals surface area contributed by atoms with Crippen molar-refractivity contribution in [2.24, 2.45) is 0 Å². The smallest absolute Gasteiger partial charge is 0.330 e. The van der Waals surface area contributed by atoms with Gasteiger partial charge in [0.15, 0.2) is 0 Å². The van der Waals surface area contributed by atoms with Gasteiger partial charge in [-0.2, -0.15) is 0 Å². The molecule has 0 aromatic carbocycles. The van der Waals surface area contributed by atoms with Crippen LogP contribution >= 0.6 is 0 Å². The number of carbonyl (C=O) groups excluding carboxylic acids is 1. The molecule has 0 heterocycles. The highest BCUT2D eigenvalue weighted by Gasteiger charge is 2.02. The fourth-order valence-electron chi connectivity index (χ4n) is 0.480. The summed E-state index contributed by atoms with van der Waals surface area (Å²) < 4.78 is 4.66. The van der Waals surface area contributed by atoms with Crippen LogP contribution in [-0.2, 0) is 9.53 Å². The van der Waals surface area contributed by atoms with Crippen LogP contribution < -0.4 is 0 Å². The summed E-state index contributed by atoms with van der Waals surface area (Å²) in [5.74, 6) is -0.403. The maximum atomic E-state index is 10.6. The predicted octanol–water partition coefficient (Wildman–Crippen LogP) is 0.877. The van der Waals surface area contributed by atoms with Gasteiger partial charge in [0.1, 0.15) is 6.61 Å². The second-order valence-corrected chi connectivity index (χ2v) is 2.19. The van der Waals surface area contributed by atoms with E-state index in [4.69, 9.17) is 5.11 Å². The molecule has 0 spiro atoms. The van der Waals surface area contributed by atoms with Crippen LogP contribution in [0.3, 0.4) is 0 Å². The van der Waals surface area contributed by atoms with Crippen LogP contribution in [0.4, 0.5) is 0 Å². The summed E-state index contributed by atoms with van der Waals surface area (Å²) in [7, 11) is 0. The molecule has 1 atom stereocenters. The zero-order valence-electron chi connectivity index (χ0n) is 6.91. The lowest BCUT2D eigenvalue weighted by molar-refractivity contribution is -0.140. The lowest BCUT2D eigenvalue weighted by atomic mass is 10.3. The Balaban J connectivity index is 3.45. The minimum absolute atomic E-state index is 0.0830. The molecule has 0 saturated carbocycles. The quantitative estimate of drug-likeness (QED) is 0.488. The fraction of sp³-hybridized carbons (Fsp3) is 0.625. The Labute approximate surface area is 66.7 Å². The summed E-state index contributed by atoms with van der Waals surface area (Å²) in [5.41, 5.74) is 0. The number of aliphatic hydroxyl groups excluding tert-OH is 1. The van der Waals surface area contributed by atoms with Gasteiger partial charge in [0, 0.05) is 6.08 Å². The first-order chi connectivity index (χ1) is 5.20. The lowest BCUT2D eigenvalue weighted by Crippen LogP contribution is -2.16. The topological polar surface area (TPSA) is 46.5 Å². The van der Waals surface area contributed by atoms with Crippen LogP contribution in [0.2, 0.25) is 0 Å². The first-order valence-corrected chi connectivity index (χ1v) is 3.68. The van der Waals surface area contributed by atoms with E-state index in [1.54, 1.807) is 13.0 Å². The first-order valence-electron chi connectivity index (χ1n) is 3.68. The second kappa shape index (κ2) is 5.92. The molecule has 0 bridgehead atoms. The van der Waals surface area contributed by atoms with E-state index in [1.807, 2.05) is 6.92 Å². The molecule has 0 radical (unpaired) electrons. The van der Waals surface area contributed by atoms with Gasteiger partial charge in [-0.1, -0.05) is 13.0 Å². The summed E-state index contributed by atoms with van der Waals surface area (Å²) in [6.45, 7) is 3.64. The third-order valence-corrected chi connectivity index (χ3v) is 1.19. The Morgan fingerprint density at radius 3 is 2.82 bits per heavy atom. The predicted molar refractivity (Wildman–Crippen MR) is 42.1 cm³/mol. The van der Waals surface area contributed by atoms with Gasteiger partial charge >= 0.3 is 5.97 Å². The van der Waals surface area contributed by atoms with Crippen molar-refractivity contribution in [3.8, 4) is 0 Å². The number of carbonyl (C=O) groups is 1. The largest absolute Gasteiger partial charge is 0.460 e. The highest BCUT2D eigenvalue weighted by Crippen LogP contribution is 1.91. The highest BCUT2D eigenvalue weighted by atomic mass is 16.5. The molecule has 0 aromatic rings. The number of hydrogen-bond acceptors (Lipinski definition) is 3. The average Bonchev–Trinajstić information content (AvgIpc) is 2.01. The van der Waals surface area contributed by atoms with Crippen molar-refractivity contribution in [2.75, 3.05) is 6.61 Å². The number of rotatable bonds is 4. The van der Waals surface area contributed by atoms with E-state index in [9.17, 15) is 4.79 Å². The second-order valence-electron chi connectivity index (χ2n) is 2.19. The monoisotopic (exact) mass is 158 g/mol. The Hall–Kier alpha value is -0.830. The van der Waals surface area contributed by atoms with Crippen LogP contribution in [-0.4, -0.2) is 23.8 Å². The van der Waals surface area contributed by atoms with Crippen LogP contribution in [0, 0.1) is 0 Å². The zero-order chi connectivity index (χ0) is 8.69. The lowest BCUT2D eigenvalue weighted by Gasteiger charge is -2.06. The maximum Gasteiger partial charge on any atom is 0.330 e. The van der Waals surface area contributed by atoms with Gasteiger partial charge in [-0.15, -0.1) is 0 Å². The van der Waals surface area contributed by atoms with E-state index in [2.05, 4.69) is 4.74 Å². The maximum absolute atomic E-state index is 10.6. The van der Waals surface area contributed by atoms with Crippen molar-refractivity contribution in [1.29, 1.82) is 0 Å². The summed E-state index contributed by atoms with van der Waals surface area (Å²) in [6.07, 6.45) is 2.98. The van der Waals surface area contributed by atoms with Crippen LogP contribution in [0.25, 0.3) is 0 Å². The number of aliphatic hydroxyl groups is 1. The summed E-state index contributed by atoms with van der Waals surface area (Å²) >= 11 is 0. The third kappa shape index (κ3) is 5.61. The molecule has 0 aliphatic heterocycles. The van der Waals surface area contributed by atoms with Gasteiger partial charge in [-0.3, -0.25) is 0 Å². The Morgan fingerprint density at radius 1 is 1.73 bits per heavy atom. The minimum Gasteiger partial charge on any atom is -0.460 e. The molecule has 0 fully saturated rings. The number of ether oxygens (including phenoxy) is 1. The van der Waals surface area contributed by atoms with E-state index in [0.29, 0.717) is 6.42 Å². The molecular formula is C8H14O3. The normalized spacial score (nSPS) is 13.4. The summed E-state index contributed by atoms with van der Waals surface area (Å²) in [4.78, 5) is 10.6. The van der Waals surface area contributed by atoms with Crippen molar-refractivity contribution in [2.45, 2.75) is 26.4 Å². The molecule has 0 aromatic heterocycles. The van der Waals surface area contributed by atoms with E-state index >= 15 is 0 Å². The van der Waals surface area contributed by atoms with Crippen molar-refractivity contribution in [1.82, 2.24) is 0 Å². The molecule has 11 heavy (non-hydrogen) atoms.